The third kappa shape index (κ3) is 3.28. The van der Waals surface area contributed by atoms with Crippen molar-refractivity contribution in [3.05, 3.63) is 70.1 Å². The van der Waals surface area contributed by atoms with Crippen LogP contribution in [0, 0.1) is 0 Å². The number of aromatic nitrogens is 2. The highest BCUT2D eigenvalue weighted by molar-refractivity contribution is 5.93. The van der Waals surface area contributed by atoms with Crippen molar-refractivity contribution in [2.45, 2.75) is 33.0 Å². The molecule has 1 atom stereocenters. The van der Waals surface area contributed by atoms with Gasteiger partial charge in [-0.25, -0.2) is 9.59 Å². The van der Waals surface area contributed by atoms with Gasteiger partial charge in [-0.3, -0.25) is 9.13 Å². The van der Waals surface area contributed by atoms with Crippen molar-refractivity contribution in [1.29, 1.82) is 0 Å². The molecule has 6 heteroatoms. The molecule has 0 amide bonds. The number of imidazole rings is 1. The number of nitrogens with zero attached hydrogens (tertiary/aromatic N) is 2. The zero-order valence-corrected chi connectivity index (χ0v) is 14.9. The van der Waals surface area contributed by atoms with E-state index < -0.39 is 12.1 Å². The Bertz CT molecular complexity index is 973. The second-order valence-corrected chi connectivity index (χ2v) is 5.99. The number of benzene rings is 2. The number of fused-ring (bicyclic) bond motifs is 1. The number of hydrogen-bond acceptors (Lipinski definition) is 4. The standard InChI is InChI=1S/C20H22N2O4/c1-3-21-16-11-10-15(19(24)26-4-2)12-17(16)22(20(21)25)13-18(23)14-8-6-5-7-9-14/h5-12,18,23H,3-4,13H2,1-2H3/t18-/m0/s1. The number of esters is 1. The maximum absolute atomic E-state index is 12.8. The Balaban J connectivity index is 2.07. The van der Waals surface area contributed by atoms with Crippen LogP contribution in [-0.2, 0) is 17.8 Å². The summed E-state index contributed by atoms with van der Waals surface area (Å²) < 4.78 is 8.19. The van der Waals surface area contributed by atoms with E-state index >= 15 is 0 Å². The Hall–Kier alpha value is -2.86. The second-order valence-electron chi connectivity index (χ2n) is 5.99. The Kier molecular flexibility index (Phi) is 5.23. The summed E-state index contributed by atoms with van der Waals surface area (Å²) in [5, 5.41) is 10.5. The number of ether oxygens (including phenoxy) is 1. The van der Waals surface area contributed by atoms with Crippen LogP contribution in [0.3, 0.4) is 0 Å². The first-order valence-electron chi connectivity index (χ1n) is 8.70. The first-order valence-corrected chi connectivity index (χ1v) is 8.70. The summed E-state index contributed by atoms with van der Waals surface area (Å²) >= 11 is 0. The van der Waals surface area contributed by atoms with Gasteiger partial charge in [0.25, 0.3) is 0 Å². The summed E-state index contributed by atoms with van der Waals surface area (Å²) in [4.78, 5) is 24.8. The van der Waals surface area contributed by atoms with Crippen LogP contribution in [0.2, 0.25) is 0 Å². The Morgan fingerprint density at radius 3 is 2.46 bits per heavy atom. The molecule has 3 aromatic rings. The molecule has 0 unspecified atom stereocenters. The molecule has 1 heterocycles. The van der Waals surface area contributed by atoms with Gasteiger partial charge in [0.2, 0.25) is 0 Å². The monoisotopic (exact) mass is 354 g/mol. The number of carbonyl (C=O) groups excluding carboxylic acids is 1. The zero-order chi connectivity index (χ0) is 18.7. The molecular formula is C20H22N2O4. The molecule has 0 aliphatic rings. The van der Waals surface area contributed by atoms with Gasteiger partial charge in [0.05, 0.1) is 35.9 Å². The van der Waals surface area contributed by atoms with Gasteiger partial charge in [0.15, 0.2) is 0 Å². The zero-order valence-electron chi connectivity index (χ0n) is 14.9. The number of hydrogen-bond donors (Lipinski definition) is 1. The fourth-order valence-electron chi connectivity index (χ4n) is 3.10. The SMILES string of the molecule is CCOC(=O)c1ccc2c(c1)n(C[C@H](O)c1ccccc1)c(=O)n2CC. The number of aliphatic hydroxyl groups is 1. The van der Waals surface area contributed by atoms with Crippen LogP contribution < -0.4 is 5.69 Å². The molecule has 6 nitrogen and oxygen atoms in total. The highest BCUT2D eigenvalue weighted by Gasteiger charge is 2.18. The Morgan fingerprint density at radius 2 is 1.81 bits per heavy atom. The van der Waals surface area contributed by atoms with E-state index in [0.717, 1.165) is 11.1 Å². The number of carbonyl (C=O) groups is 1. The number of rotatable bonds is 6. The summed E-state index contributed by atoms with van der Waals surface area (Å²) in [6, 6.07) is 14.2. The third-order valence-electron chi connectivity index (χ3n) is 4.39. The maximum Gasteiger partial charge on any atom is 0.338 e. The highest BCUT2D eigenvalue weighted by atomic mass is 16.5. The van der Waals surface area contributed by atoms with E-state index in [2.05, 4.69) is 0 Å². The second kappa shape index (κ2) is 7.58. The first-order chi connectivity index (χ1) is 12.6. The maximum atomic E-state index is 12.8. The van der Waals surface area contributed by atoms with Crippen LogP contribution >= 0.6 is 0 Å². The molecule has 0 spiro atoms. The van der Waals surface area contributed by atoms with E-state index in [0.29, 0.717) is 17.6 Å². The van der Waals surface area contributed by atoms with Crippen LogP contribution in [0.15, 0.2) is 53.3 Å². The molecule has 26 heavy (non-hydrogen) atoms. The van der Waals surface area contributed by atoms with E-state index in [-0.39, 0.29) is 18.8 Å². The molecule has 0 radical (unpaired) electrons. The average molecular weight is 354 g/mol. The number of aliphatic hydroxyl groups excluding tert-OH is 1. The van der Waals surface area contributed by atoms with Crippen molar-refractivity contribution in [3.63, 3.8) is 0 Å². The smallest absolute Gasteiger partial charge is 0.338 e. The predicted octanol–water partition coefficient (Wildman–Crippen LogP) is 2.73. The van der Waals surface area contributed by atoms with Crippen molar-refractivity contribution >= 4 is 17.0 Å². The van der Waals surface area contributed by atoms with Crippen LogP contribution in [0.4, 0.5) is 0 Å². The van der Waals surface area contributed by atoms with E-state index in [9.17, 15) is 14.7 Å². The van der Waals surface area contributed by atoms with E-state index in [1.807, 2.05) is 37.3 Å². The summed E-state index contributed by atoms with van der Waals surface area (Å²) in [6.45, 7) is 4.53. The van der Waals surface area contributed by atoms with Crippen LogP contribution in [0.25, 0.3) is 11.0 Å². The lowest BCUT2D eigenvalue weighted by atomic mass is 10.1. The van der Waals surface area contributed by atoms with Gasteiger partial charge in [-0.2, -0.15) is 0 Å². The molecule has 136 valence electrons. The topological polar surface area (TPSA) is 73.5 Å². The van der Waals surface area contributed by atoms with Gasteiger partial charge < -0.3 is 9.84 Å². The van der Waals surface area contributed by atoms with Gasteiger partial charge in [-0.15, -0.1) is 0 Å². The molecule has 0 aliphatic heterocycles. The minimum Gasteiger partial charge on any atom is -0.462 e. The van der Waals surface area contributed by atoms with Crippen molar-refractivity contribution in [3.8, 4) is 0 Å². The van der Waals surface area contributed by atoms with Gasteiger partial charge in [0, 0.05) is 6.54 Å². The first kappa shape index (κ1) is 17.9. The molecular weight excluding hydrogens is 332 g/mol. The van der Waals surface area contributed by atoms with Gasteiger partial charge in [0.1, 0.15) is 0 Å². The van der Waals surface area contributed by atoms with Crippen LogP contribution in [-0.4, -0.2) is 26.8 Å². The van der Waals surface area contributed by atoms with Gasteiger partial charge in [-0.1, -0.05) is 30.3 Å². The molecule has 0 saturated heterocycles. The lowest BCUT2D eigenvalue weighted by Gasteiger charge is -2.12. The van der Waals surface area contributed by atoms with Crippen molar-refractivity contribution in [1.82, 2.24) is 9.13 Å². The quantitative estimate of drug-likeness (QED) is 0.691. The molecule has 0 aliphatic carbocycles. The lowest BCUT2D eigenvalue weighted by molar-refractivity contribution is 0.0526. The van der Waals surface area contributed by atoms with Crippen molar-refractivity contribution in [2.24, 2.45) is 0 Å². The molecule has 1 N–H and O–H groups in total. The largest absolute Gasteiger partial charge is 0.462 e. The number of aryl methyl sites for hydroxylation is 1. The van der Waals surface area contributed by atoms with Gasteiger partial charge >= 0.3 is 11.7 Å². The molecule has 0 saturated carbocycles. The normalized spacial score (nSPS) is 12.3. The van der Waals surface area contributed by atoms with Gasteiger partial charge in [-0.05, 0) is 37.6 Å². The van der Waals surface area contributed by atoms with Crippen LogP contribution in [0.5, 0.6) is 0 Å². The van der Waals surface area contributed by atoms with E-state index in [1.54, 1.807) is 29.7 Å². The van der Waals surface area contributed by atoms with E-state index in [1.165, 1.54) is 4.57 Å². The summed E-state index contributed by atoms with van der Waals surface area (Å²) in [6.07, 6.45) is -0.823. The molecule has 0 fully saturated rings. The summed E-state index contributed by atoms with van der Waals surface area (Å²) in [7, 11) is 0. The highest BCUT2D eigenvalue weighted by Crippen LogP contribution is 2.20. The lowest BCUT2D eigenvalue weighted by Crippen LogP contribution is -2.26. The average Bonchev–Trinajstić information content (AvgIpc) is 2.93. The molecule has 0 bridgehead atoms. The molecule has 1 aromatic heterocycles. The Morgan fingerprint density at radius 1 is 1.08 bits per heavy atom. The van der Waals surface area contributed by atoms with Crippen molar-refractivity contribution < 1.29 is 14.6 Å². The van der Waals surface area contributed by atoms with E-state index in [4.69, 9.17) is 4.74 Å². The third-order valence-corrected chi connectivity index (χ3v) is 4.39. The fourth-order valence-corrected chi connectivity index (χ4v) is 3.10. The van der Waals surface area contributed by atoms with Crippen molar-refractivity contribution in [2.75, 3.05) is 6.61 Å². The molecule has 3 rings (SSSR count). The summed E-state index contributed by atoms with van der Waals surface area (Å²) in [5.74, 6) is -0.429. The predicted molar refractivity (Wildman–Crippen MR) is 99.2 cm³/mol. The van der Waals surface area contributed by atoms with Crippen LogP contribution in [0.1, 0.15) is 35.9 Å². The minimum atomic E-state index is -0.823. The summed E-state index contributed by atoms with van der Waals surface area (Å²) in [5.41, 5.74) is 2.25. The Labute approximate surface area is 151 Å². The molecule has 2 aromatic carbocycles. The fraction of sp³-hybridized carbons (Fsp3) is 0.300. The minimum absolute atomic E-state index is 0.110.